The van der Waals surface area contributed by atoms with Crippen molar-refractivity contribution in [3.8, 4) is 0 Å². The summed E-state index contributed by atoms with van der Waals surface area (Å²) >= 11 is 5.81. The molecular formula is C15H24ClN3O. The molecule has 0 aromatic heterocycles. The molecule has 0 saturated heterocycles. The highest BCUT2D eigenvalue weighted by molar-refractivity contribution is 6.30. The standard InChI is InChI=1S/C15H24ClN3O/c1-4-19(11-15(2,3)10-17)9-14(20)18-13-7-5-12(16)6-8-13/h5-8H,4,9-11,17H2,1-3H3,(H,18,20). The van der Waals surface area contributed by atoms with Crippen molar-refractivity contribution in [1.29, 1.82) is 0 Å². The smallest absolute Gasteiger partial charge is 0.238 e. The molecule has 1 rings (SSSR count). The van der Waals surface area contributed by atoms with E-state index in [4.69, 9.17) is 17.3 Å². The first-order chi connectivity index (χ1) is 9.36. The number of carbonyl (C=O) groups is 1. The molecule has 4 nitrogen and oxygen atoms in total. The molecule has 0 saturated carbocycles. The van der Waals surface area contributed by atoms with Gasteiger partial charge in [-0.3, -0.25) is 9.69 Å². The van der Waals surface area contributed by atoms with Crippen molar-refractivity contribution >= 4 is 23.2 Å². The van der Waals surface area contributed by atoms with Gasteiger partial charge in [-0.25, -0.2) is 0 Å². The number of likely N-dealkylation sites (N-methyl/N-ethyl adjacent to an activating group) is 1. The van der Waals surface area contributed by atoms with Crippen LogP contribution in [0.5, 0.6) is 0 Å². The first-order valence-corrected chi connectivity index (χ1v) is 7.22. The SMILES string of the molecule is CCN(CC(=O)Nc1ccc(Cl)cc1)CC(C)(C)CN. The molecule has 3 N–H and O–H groups in total. The van der Waals surface area contributed by atoms with E-state index in [1.54, 1.807) is 24.3 Å². The van der Waals surface area contributed by atoms with Crippen LogP contribution in [0.15, 0.2) is 24.3 Å². The summed E-state index contributed by atoms with van der Waals surface area (Å²) in [6.07, 6.45) is 0. The molecule has 1 amide bonds. The summed E-state index contributed by atoms with van der Waals surface area (Å²) in [7, 11) is 0. The van der Waals surface area contributed by atoms with Crippen molar-refractivity contribution in [2.24, 2.45) is 11.1 Å². The van der Waals surface area contributed by atoms with Crippen LogP contribution < -0.4 is 11.1 Å². The minimum Gasteiger partial charge on any atom is -0.330 e. The van der Waals surface area contributed by atoms with Crippen molar-refractivity contribution in [3.63, 3.8) is 0 Å². The Hall–Kier alpha value is -1.10. The number of hydrogen-bond acceptors (Lipinski definition) is 3. The lowest BCUT2D eigenvalue weighted by Gasteiger charge is -2.30. The molecular weight excluding hydrogens is 274 g/mol. The third kappa shape index (κ3) is 5.90. The third-order valence-electron chi connectivity index (χ3n) is 3.15. The van der Waals surface area contributed by atoms with Crippen LogP contribution in [0.4, 0.5) is 5.69 Å². The van der Waals surface area contributed by atoms with Crippen LogP contribution in [0.3, 0.4) is 0 Å². The molecule has 0 aliphatic carbocycles. The molecule has 5 heteroatoms. The van der Waals surface area contributed by atoms with Crippen molar-refractivity contribution in [3.05, 3.63) is 29.3 Å². The third-order valence-corrected chi connectivity index (χ3v) is 3.40. The highest BCUT2D eigenvalue weighted by Gasteiger charge is 2.20. The molecule has 0 aliphatic rings. The Morgan fingerprint density at radius 3 is 2.45 bits per heavy atom. The number of carbonyl (C=O) groups excluding carboxylic acids is 1. The van der Waals surface area contributed by atoms with E-state index >= 15 is 0 Å². The molecule has 20 heavy (non-hydrogen) atoms. The number of amides is 1. The molecule has 1 aromatic carbocycles. The van der Waals surface area contributed by atoms with Crippen LogP contribution in [-0.4, -0.2) is 37.0 Å². The molecule has 0 bridgehead atoms. The fourth-order valence-electron chi connectivity index (χ4n) is 1.89. The van der Waals surface area contributed by atoms with E-state index in [2.05, 4.69) is 24.1 Å². The average Bonchev–Trinajstić information content (AvgIpc) is 2.40. The van der Waals surface area contributed by atoms with Gasteiger partial charge in [-0.05, 0) is 42.8 Å². The zero-order chi connectivity index (χ0) is 15.2. The maximum Gasteiger partial charge on any atom is 0.238 e. The second-order valence-electron chi connectivity index (χ2n) is 5.73. The van der Waals surface area contributed by atoms with Gasteiger partial charge in [0.2, 0.25) is 5.91 Å². The molecule has 0 aliphatic heterocycles. The quantitative estimate of drug-likeness (QED) is 0.813. The number of nitrogens with one attached hydrogen (secondary N) is 1. The number of anilines is 1. The van der Waals surface area contributed by atoms with Crippen LogP contribution >= 0.6 is 11.6 Å². The Kier molecular flexibility index (Phi) is 6.46. The first kappa shape index (κ1) is 17.0. The van der Waals surface area contributed by atoms with Crippen molar-refractivity contribution in [2.45, 2.75) is 20.8 Å². The lowest BCUT2D eigenvalue weighted by atomic mass is 9.93. The largest absolute Gasteiger partial charge is 0.330 e. The van der Waals surface area contributed by atoms with E-state index in [-0.39, 0.29) is 11.3 Å². The van der Waals surface area contributed by atoms with Gasteiger partial charge in [0.05, 0.1) is 6.54 Å². The van der Waals surface area contributed by atoms with E-state index < -0.39 is 0 Å². The molecule has 0 unspecified atom stereocenters. The number of benzene rings is 1. The van der Waals surface area contributed by atoms with E-state index in [0.717, 1.165) is 18.8 Å². The van der Waals surface area contributed by atoms with Gasteiger partial charge in [0.25, 0.3) is 0 Å². The van der Waals surface area contributed by atoms with E-state index in [1.807, 2.05) is 6.92 Å². The number of nitrogens with zero attached hydrogens (tertiary/aromatic N) is 1. The highest BCUT2D eigenvalue weighted by Crippen LogP contribution is 2.15. The van der Waals surface area contributed by atoms with Gasteiger partial charge >= 0.3 is 0 Å². The molecule has 0 fully saturated rings. The topological polar surface area (TPSA) is 58.4 Å². The lowest BCUT2D eigenvalue weighted by Crippen LogP contribution is -2.42. The summed E-state index contributed by atoms with van der Waals surface area (Å²) in [6.45, 7) is 8.83. The second kappa shape index (κ2) is 7.62. The van der Waals surface area contributed by atoms with Gasteiger partial charge in [0.15, 0.2) is 0 Å². The normalized spacial score (nSPS) is 11.7. The summed E-state index contributed by atoms with van der Waals surface area (Å²) in [4.78, 5) is 14.1. The van der Waals surface area contributed by atoms with E-state index in [0.29, 0.717) is 18.1 Å². The highest BCUT2D eigenvalue weighted by atomic mass is 35.5. The minimum atomic E-state index is -0.0259. The summed E-state index contributed by atoms with van der Waals surface area (Å²) in [5, 5.41) is 3.52. The average molecular weight is 298 g/mol. The van der Waals surface area contributed by atoms with Crippen LogP contribution in [0.25, 0.3) is 0 Å². The summed E-state index contributed by atoms with van der Waals surface area (Å²) in [6, 6.07) is 7.10. The number of rotatable bonds is 7. The lowest BCUT2D eigenvalue weighted by molar-refractivity contribution is -0.117. The van der Waals surface area contributed by atoms with Gasteiger partial charge in [-0.15, -0.1) is 0 Å². The van der Waals surface area contributed by atoms with Crippen LogP contribution in [-0.2, 0) is 4.79 Å². The van der Waals surface area contributed by atoms with Crippen molar-refractivity contribution < 1.29 is 4.79 Å². The van der Waals surface area contributed by atoms with Gasteiger partial charge in [0, 0.05) is 17.3 Å². The monoisotopic (exact) mass is 297 g/mol. The molecule has 0 heterocycles. The Morgan fingerprint density at radius 1 is 1.35 bits per heavy atom. The van der Waals surface area contributed by atoms with Gasteiger partial charge < -0.3 is 11.1 Å². The Labute approximate surface area is 126 Å². The summed E-state index contributed by atoms with van der Waals surface area (Å²) in [5.41, 5.74) is 6.51. The fraction of sp³-hybridized carbons (Fsp3) is 0.533. The second-order valence-corrected chi connectivity index (χ2v) is 6.16. The minimum absolute atomic E-state index is 0.0105. The molecule has 112 valence electrons. The van der Waals surface area contributed by atoms with Gasteiger partial charge in [0.1, 0.15) is 0 Å². The van der Waals surface area contributed by atoms with E-state index in [1.165, 1.54) is 0 Å². The Morgan fingerprint density at radius 2 is 1.95 bits per heavy atom. The summed E-state index contributed by atoms with van der Waals surface area (Å²) < 4.78 is 0. The Balaban J connectivity index is 2.53. The van der Waals surface area contributed by atoms with Gasteiger partial charge in [-0.1, -0.05) is 32.4 Å². The molecule has 0 radical (unpaired) electrons. The fourth-order valence-corrected chi connectivity index (χ4v) is 2.01. The Bertz CT molecular complexity index is 431. The summed E-state index contributed by atoms with van der Waals surface area (Å²) in [5.74, 6) is -0.0259. The zero-order valence-electron chi connectivity index (χ0n) is 12.4. The van der Waals surface area contributed by atoms with Crippen LogP contribution in [0, 0.1) is 5.41 Å². The predicted octanol–water partition coefficient (Wildman–Crippen LogP) is 2.59. The number of hydrogen-bond donors (Lipinski definition) is 2. The maximum atomic E-state index is 12.0. The zero-order valence-corrected chi connectivity index (χ0v) is 13.2. The van der Waals surface area contributed by atoms with Crippen molar-refractivity contribution in [2.75, 3.05) is 31.5 Å². The maximum absolute atomic E-state index is 12.0. The number of halogens is 1. The molecule has 0 spiro atoms. The molecule has 1 aromatic rings. The van der Waals surface area contributed by atoms with Crippen LogP contribution in [0.2, 0.25) is 5.02 Å². The molecule has 0 atom stereocenters. The predicted molar refractivity (Wildman–Crippen MR) is 85.0 cm³/mol. The van der Waals surface area contributed by atoms with Crippen molar-refractivity contribution in [1.82, 2.24) is 4.90 Å². The van der Waals surface area contributed by atoms with E-state index in [9.17, 15) is 4.79 Å². The first-order valence-electron chi connectivity index (χ1n) is 6.84. The van der Waals surface area contributed by atoms with Crippen LogP contribution in [0.1, 0.15) is 20.8 Å². The number of nitrogens with two attached hydrogens (primary N) is 1. The van der Waals surface area contributed by atoms with Gasteiger partial charge in [-0.2, -0.15) is 0 Å².